The fourth-order valence-electron chi connectivity index (χ4n) is 19.7. The van der Waals surface area contributed by atoms with Gasteiger partial charge < -0.3 is 9.13 Å². The van der Waals surface area contributed by atoms with Gasteiger partial charge in [0.2, 0.25) is 0 Å². The standard InChI is InChI=1S/C61H38N2.C57H36N2/c1-3-17-39(18-4-1)43-36-56(62-57(37-43)54-35-42-19-7-8-22-45(42)46-23-9-10-24-47(46)54)41-33-31-40(32-34-41)53-38-55-49-26-12-14-28-51(49)61-60(59(55)50-27-13-11-25-48(50)53)52-29-15-16-30-58(52)63(61)44-20-5-2-6-21-44;1-3-15-37(16-4-1)43-34-52(58-53(35-43)42-32-27-38-17-7-8-18-41(38)33-42)40-30-28-39(29-31-40)50-36-51-46-22-10-12-24-48(46)57-56(55(51)47-23-11-9-21-45(47)50)49-25-13-14-26-54(49)59(57)44-19-5-2-6-20-44/h1-38H;1-36H. The number of hydrogen-bond acceptors (Lipinski definition) is 2. The third-order valence-corrected chi connectivity index (χ3v) is 25.2. The number of para-hydroxylation sites is 4. The summed E-state index contributed by atoms with van der Waals surface area (Å²) in [6, 6.07) is 163. The van der Waals surface area contributed by atoms with E-state index in [1.165, 1.54) is 174 Å². The molecule has 4 heterocycles. The molecular formula is C118H74N4. The van der Waals surface area contributed by atoms with Crippen molar-refractivity contribution in [3.05, 3.63) is 449 Å². The summed E-state index contributed by atoms with van der Waals surface area (Å²) in [5, 5.41) is 27.5. The van der Waals surface area contributed by atoms with Gasteiger partial charge in [0.25, 0.3) is 0 Å². The highest BCUT2D eigenvalue weighted by molar-refractivity contribution is 6.40. The van der Waals surface area contributed by atoms with Crippen LogP contribution in [0.25, 0.3) is 241 Å². The van der Waals surface area contributed by atoms with Crippen LogP contribution in [0.3, 0.4) is 0 Å². The molecule has 0 aliphatic carbocycles. The molecule has 25 aromatic rings. The van der Waals surface area contributed by atoms with E-state index >= 15 is 0 Å². The van der Waals surface area contributed by atoms with Gasteiger partial charge in [0.05, 0.1) is 44.8 Å². The molecule has 21 aromatic carbocycles. The number of aromatic nitrogens is 4. The molecule has 0 bridgehead atoms. The minimum absolute atomic E-state index is 0.946. The average molecular weight is 1550 g/mol. The summed E-state index contributed by atoms with van der Waals surface area (Å²) in [5.74, 6) is 0. The highest BCUT2D eigenvalue weighted by atomic mass is 15.0. The van der Waals surface area contributed by atoms with Gasteiger partial charge in [0.15, 0.2) is 0 Å². The van der Waals surface area contributed by atoms with E-state index in [1.54, 1.807) is 0 Å². The first-order chi connectivity index (χ1) is 60.5. The molecule has 4 aromatic heterocycles. The monoisotopic (exact) mass is 1550 g/mol. The maximum absolute atomic E-state index is 5.46. The summed E-state index contributed by atoms with van der Waals surface area (Å²) in [5.41, 5.74) is 24.9. The normalized spacial score (nSPS) is 11.8. The molecule has 0 aliphatic heterocycles. The summed E-state index contributed by atoms with van der Waals surface area (Å²) in [7, 11) is 0. The Hall–Kier alpha value is -16.1. The summed E-state index contributed by atoms with van der Waals surface area (Å²) in [4.78, 5) is 10.8. The van der Waals surface area contributed by atoms with Gasteiger partial charge >= 0.3 is 0 Å². The van der Waals surface area contributed by atoms with E-state index in [1.807, 2.05) is 0 Å². The molecule has 0 spiro atoms. The van der Waals surface area contributed by atoms with Gasteiger partial charge in [0.1, 0.15) is 0 Å². The van der Waals surface area contributed by atoms with E-state index in [9.17, 15) is 0 Å². The van der Waals surface area contributed by atoms with Crippen LogP contribution in [0.4, 0.5) is 0 Å². The van der Waals surface area contributed by atoms with E-state index in [4.69, 9.17) is 9.97 Å². The lowest BCUT2D eigenvalue weighted by molar-refractivity contribution is 1.19. The van der Waals surface area contributed by atoms with Crippen molar-refractivity contribution in [3.8, 4) is 101 Å². The maximum Gasteiger partial charge on any atom is 0.0722 e. The second kappa shape index (κ2) is 28.9. The third-order valence-electron chi connectivity index (χ3n) is 25.2. The number of nitrogens with zero attached hydrogens (tertiary/aromatic N) is 4. The Morgan fingerprint density at radius 2 is 0.467 bits per heavy atom. The topological polar surface area (TPSA) is 35.6 Å². The Labute approximate surface area is 704 Å². The smallest absolute Gasteiger partial charge is 0.0722 e. The zero-order valence-electron chi connectivity index (χ0n) is 66.5. The Morgan fingerprint density at radius 3 is 0.934 bits per heavy atom. The first-order valence-electron chi connectivity index (χ1n) is 42.0. The van der Waals surface area contributed by atoms with Crippen molar-refractivity contribution in [3.63, 3.8) is 0 Å². The lowest BCUT2D eigenvalue weighted by Gasteiger charge is -2.16. The molecule has 0 atom stereocenters. The zero-order chi connectivity index (χ0) is 80.3. The van der Waals surface area contributed by atoms with E-state index in [0.29, 0.717) is 0 Å². The van der Waals surface area contributed by atoms with Crippen molar-refractivity contribution in [2.24, 2.45) is 0 Å². The molecule has 566 valence electrons. The second-order valence-corrected chi connectivity index (χ2v) is 32.1. The fraction of sp³-hybridized carbons (Fsp3) is 0. The second-order valence-electron chi connectivity index (χ2n) is 32.1. The molecule has 0 amide bonds. The van der Waals surface area contributed by atoms with Crippen LogP contribution in [-0.2, 0) is 0 Å². The van der Waals surface area contributed by atoms with Crippen LogP contribution in [0, 0.1) is 0 Å². The number of fused-ring (bicyclic) bond motifs is 24. The first kappa shape index (κ1) is 70.1. The molecule has 0 aliphatic rings. The van der Waals surface area contributed by atoms with Crippen LogP contribution in [0.5, 0.6) is 0 Å². The fourth-order valence-corrected chi connectivity index (χ4v) is 19.7. The van der Waals surface area contributed by atoms with Gasteiger partial charge in [-0.25, -0.2) is 9.97 Å². The highest BCUT2D eigenvalue weighted by Gasteiger charge is 2.26. The van der Waals surface area contributed by atoms with Crippen LogP contribution in [0.1, 0.15) is 0 Å². The molecule has 0 saturated carbocycles. The van der Waals surface area contributed by atoms with Crippen molar-refractivity contribution in [1.82, 2.24) is 19.1 Å². The summed E-state index contributed by atoms with van der Waals surface area (Å²) >= 11 is 0. The molecule has 0 radical (unpaired) electrons. The van der Waals surface area contributed by atoms with Crippen LogP contribution in [0.2, 0.25) is 0 Å². The summed E-state index contributed by atoms with van der Waals surface area (Å²) in [6.45, 7) is 0. The van der Waals surface area contributed by atoms with E-state index < -0.39 is 0 Å². The number of pyridine rings is 2. The SMILES string of the molecule is c1ccc(-c2cc(-c3ccc(-c4cc5c6ccccc6c6c(c7ccccc7n6-c6ccccc6)c5c5ccccc45)cc3)nc(-c3cc4ccccc4c4ccccc34)c2)cc1.c1ccc(-c2cc(-c3ccc(-c4cc5c6ccccc6c6c(c7ccccc7n6-c6ccccc6)c5c5ccccc45)cc3)nc(-c3ccc4ccccc4c3)c2)cc1. The molecule has 122 heavy (non-hydrogen) atoms. The largest absolute Gasteiger partial charge is 0.309 e. The quantitative estimate of drug-likeness (QED) is 0.128. The number of rotatable bonds is 10. The predicted molar refractivity (Wildman–Crippen MR) is 518 cm³/mol. The van der Waals surface area contributed by atoms with Crippen molar-refractivity contribution < 1.29 is 0 Å². The van der Waals surface area contributed by atoms with E-state index in [2.05, 4.69) is 458 Å². The lowest BCUT2D eigenvalue weighted by atomic mass is 9.88. The van der Waals surface area contributed by atoms with Crippen LogP contribution in [-0.4, -0.2) is 19.1 Å². The molecule has 0 unspecified atom stereocenters. The maximum atomic E-state index is 5.46. The van der Waals surface area contributed by atoms with E-state index in [-0.39, 0.29) is 0 Å². The zero-order valence-corrected chi connectivity index (χ0v) is 66.5. The van der Waals surface area contributed by atoms with Gasteiger partial charge in [0, 0.05) is 76.7 Å². The molecule has 25 rings (SSSR count). The van der Waals surface area contributed by atoms with Gasteiger partial charge in [-0.3, -0.25) is 0 Å². The summed E-state index contributed by atoms with van der Waals surface area (Å²) in [6.07, 6.45) is 0. The average Bonchev–Trinajstić information content (AvgIpc) is 1.14. The van der Waals surface area contributed by atoms with Crippen LogP contribution in [0.15, 0.2) is 449 Å². The Kier molecular flexibility index (Phi) is 16.6. The highest BCUT2D eigenvalue weighted by Crippen LogP contribution is 2.51. The van der Waals surface area contributed by atoms with Crippen LogP contribution < -0.4 is 0 Å². The van der Waals surface area contributed by atoms with Crippen molar-refractivity contribution in [2.45, 2.75) is 0 Å². The molecule has 0 N–H and O–H groups in total. The van der Waals surface area contributed by atoms with Gasteiger partial charge in [-0.1, -0.05) is 364 Å². The molecule has 4 nitrogen and oxygen atoms in total. The molecule has 0 saturated heterocycles. The third kappa shape index (κ3) is 11.6. The minimum atomic E-state index is 0.946. The van der Waals surface area contributed by atoms with Gasteiger partial charge in [-0.05, 0) is 205 Å². The van der Waals surface area contributed by atoms with Crippen molar-refractivity contribution in [2.75, 3.05) is 0 Å². The lowest BCUT2D eigenvalue weighted by Crippen LogP contribution is -1.95. The first-order valence-corrected chi connectivity index (χ1v) is 42.0. The van der Waals surface area contributed by atoms with Crippen molar-refractivity contribution >= 4 is 141 Å². The number of benzene rings is 21. The van der Waals surface area contributed by atoms with Crippen LogP contribution >= 0.6 is 0 Å². The van der Waals surface area contributed by atoms with Gasteiger partial charge in [-0.15, -0.1) is 0 Å². The number of hydrogen-bond donors (Lipinski definition) is 0. The van der Waals surface area contributed by atoms with Gasteiger partial charge in [-0.2, -0.15) is 0 Å². The molecule has 0 fully saturated rings. The van der Waals surface area contributed by atoms with Crippen molar-refractivity contribution in [1.29, 1.82) is 0 Å². The predicted octanol–water partition coefficient (Wildman–Crippen LogP) is 32.1. The Balaban J connectivity index is 0.000000138. The molecule has 4 heteroatoms. The minimum Gasteiger partial charge on any atom is -0.309 e. The summed E-state index contributed by atoms with van der Waals surface area (Å²) < 4.78 is 4.92. The molecular weight excluding hydrogens is 1470 g/mol. The Bertz CT molecular complexity index is 8520. The Morgan fingerprint density at radius 1 is 0.148 bits per heavy atom. The van der Waals surface area contributed by atoms with E-state index in [0.717, 1.165) is 67.5 Å².